The van der Waals surface area contributed by atoms with Crippen molar-refractivity contribution in [2.45, 2.75) is 102 Å². The number of carbonyl (C=O) groups excluding carboxylic acids is 4. The first-order valence-corrected chi connectivity index (χ1v) is 16.7. The number of rotatable bonds is 17. The lowest BCUT2D eigenvalue weighted by Crippen LogP contribution is -2.66. The van der Waals surface area contributed by atoms with Crippen molar-refractivity contribution in [1.29, 1.82) is 0 Å². The number of nitrogens with two attached hydrogens (primary N) is 1. The number of carbonyl (C=O) groups is 6. The summed E-state index contributed by atoms with van der Waals surface area (Å²) in [5, 5.41) is 21.8. The molecule has 0 unspecified atom stereocenters. The topological polar surface area (TPSA) is 197 Å². The molecule has 47 heavy (non-hydrogen) atoms. The molecular formula is C34H50N4O9. The fourth-order valence-corrected chi connectivity index (χ4v) is 6.62. The maximum atomic E-state index is 13.4. The Kier molecular flexibility index (Phi) is 14.6. The van der Waals surface area contributed by atoms with Crippen LogP contribution in [0.3, 0.4) is 0 Å². The third-order valence-electron chi connectivity index (χ3n) is 9.34. The van der Waals surface area contributed by atoms with Gasteiger partial charge in [-0.15, -0.1) is 0 Å². The summed E-state index contributed by atoms with van der Waals surface area (Å²) < 4.78 is 5.43. The van der Waals surface area contributed by atoms with E-state index in [1.165, 1.54) is 4.90 Å². The smallest absolute Gasteiger partial charge is 0.410 e. The van der Waals surface area contributed by atoms with Crippen molar-refractivity contribution in [3.63, 3.8) is 0 Å². The van der Waals surface area contributed by atoms with Crippen LogP contribution in [0.5, 0.6) is 0 Å². The number of nitrogens with zero attached hydrogens (tertiary/aromatic N) is 2. The molecule has 260 valence electrons. The van der Waals surface area contributed by atoms with Crippen LogP contribution in [0.2, 0.25) is 0 Å². The van der Waals surface area contributed by atoms with Crippen molar-refractivity contribution in [2.75, 3.05) is 26.2 Å². The van der Waals surface area contributed by atoms with E-state index in [0.717, 1.165) is 44.1 Å². The number of likely N-dealkylation sites (N-methyl/N-ethyl adjacent to an activating group) is 1. The molecule has 1 heterocycles. The summed E-state index contributed by atoms with van der Waals surface area (Å²) in [5.41, 5.74) is 4.37. The SMILES string of the molecule is CCN(CC(=O)N[C@@](CC1CCCCC1)(C(=O)O)C(=O)[C@@H](N)CC(=O)O)C(=O)CCCC1CCN(C(=O)OCc2ccccc2)CC1. The second kappa shape index (κ2) is 18.4. The van der Waals surface area contributed by atoms with Crippen LogP contribution in [0.15, 0.2) is 30.3 Å². The lowest BCUT2D eigenvalue weighted by Gasteiger charge is -2.36. The summed E-state index contributed by atoms with van der Waals surface area (Å²) in [5.74, 6) is -4.91. The normalized spacial score (nSPS) is 17.6. The van der Waals surface area contributed by atoms with E-state index in [9.17, 15) is 33.9 Å². The molecule has 0 bridgehead atoms. The first kappa shape index (κ1) is 37.5. The molecule has 1 saturated heterocycles. The molecule has 13 nitrogen and oxygen atoms in total. The van der Waals surface area contributed by atoms with Crippen molar-refractivity contribution >= 4 is 35.6 Å². The Balaban J connectivity index is 1.50. The van der Waals surface area contributed by atoms with Crippen LogP contribution < -0.4 is 11.1 Å². The molecule has 1 aliphatic carbocycles. The molecule has 3 amide bonds. The van der Waals surface area contributed by atoms with Gasteiger partial charge >= 0.3 is 18.0 Å². The standard InChI is InChI=1S/C34H50N4O9/c1-2-37(29(40)15-9-14-24-16-18-38(19-17-24)33(46)47-23-26-12-7-4-8-13-26)22-28(39)36-34(32(44)45,21-25-10-5-3-6-11-25)31(43)27(35)20-30(41)42/h4,7-8,12-13,24-25,27H,2-3,5-6,9-11,14-23,35H2,1H3,(H,36,39)(H,41,42)(H,44,45)/t27-,34+/m0/s1. The Hall–Kier alpha value is -4.00. The van der Waals surface area contributed by atoms with Crippen LogP contribution in [-0.4, -0.2) is 93.4 Å². The van der Waals surface area contributed by atoms with Gasteiger partial charge < -0.3 is 35.8 Å². The molecule has 5 N–H and O–H groups in total. The van der Waals surface area contributed by atoms with Crippen molar-refractivity contribution < 1.29 is 43.7 Å². The van der Waals surface area contributed by atoms with E-state index >= 15 is 0 Å². The van der Waals surface area contributed by atoms with Crippen molar-refractivity contribution in [3.05, 3.63) is 35.9 Å². The van der Waals surface area contributed by atoms with Gasteiger partial charge in [0.25, 0.3) is 0 Å². The highest BCUT2D eigenvalue weighted by molar-refractivity contribution is 6.13. The zero-order chi connectivity index (χ0) is 34.4. The number of hydrogen-bond donors (Lipinski definition) is 4. The summed E-state index contributed by atoms with van der Waals surface area (Å²) in [7, 11) is 0. The number of carboxylic acid groups (broad SMARTS) is 2. The molecule has 1 aliphatic heterocycles. The molecule has 13 heteroatoms. The van der Waals surface area contributed by atoms with Crippen LogP contribution in [0, 0.1) is 11.8 Å². The van der Waals surface area contributed by atoms with E-state index in [1.54, 1.807) is 11.8 Å². The number of benzene rings is 1. The average molecular weight is 659 g/mol. The van der Waals surface area contributed by atoms with Gasteiger partial charge in [0.2, 0.25) is 11.8 Å². The van der Waals surface area contributed by atoms with Crippen molar-refractivity contribution in [3.8, 4) is 0 Å². The largest absolute Gasteiger partial charge is 0.481 e. The lowest BCUT2D eigenvalue weighted by atomic mass is 9.75. The van der Waals surface area contributed by atoms with E-state index in [2.05, 4.69) is 5.32 Å². The number of carboxylic acids is 2. The van der Waals surface area contributed by atoms with Crippen LogP contribution in [0.4, 0.5) is 4.79 Å². The van der Waals surface area contributed by atoms with Gasteiger partial charge in [-0.1, -0.05) is 62.4 Å². The Morgan fingerprint density at radius 1 is 1.00 bits per heavy atom. The van der Waals surface area contributed by atoms with Crippen LogP contribution in [-0.2, 0) is 35.3 Å². The molecule has 1 aromatic rings. The van der Waals surface area contributed by atoms with Gasteiger partial charge in [0.05, 0.1) is 19.0 Å². The summed E-state index contributed by atoms with van der Waals surface area (Å²) in [6.07, 6.45) is 5.93. The second-order valence-electron chi connectivity index (χ2n) is 12.8. The number of piperidine rings is 1. The quantitative estimate of drug-likeness (QED) is 0.180. The van der Waals surface area contributed by atoms with Gasteiger partial charge in [-0.3, -0.25) is 19.2 Å². The van der Waals surface area contributed by atoms with E-state index in [0.29, 0.717) is 38.3 Å². The van der Waals surface area contributed by atoms with Crippen molar-refractivity contribution in [1.82, 2.24) is 15.1 Å². The minimum atomic E-state index is -2.39. The summed E-state index contributed by atoms with van der Waals surface area (Å²) >= 11 is 0. The van der Waals surface area contributed by atoms with Crippen LogP contribution in [0.1, 0.15) is 89.5 Å². The Morgan fingerprint density at radius 2 is 1.66 bits per heavy atom. The molecule has 1 saturated carbocycles. The zero-order valence-corrected chi connectivity index (χ0v) is 27.4. The monoisotopic (exact) mass is 658 g/mol. The molecular weight excluding hydrogens is 608 g/mol. The third kappa shape index (κ3) is 11.3. The molecule has 3 rings (SSSR count). The first-order chi connectivity index (χ1) is 22.4. The van der Waals surface area contributed by atoms with Gasteiger partial charge in [-0.2, -0.15) is 0 Å². The van der Waals surface area contributed by atoms with Gasteiger partial charge in [0.1, 0.15) is 6.61 Å². The molecule has 0 aromatic heterocycles. The number of hydrogen-bond acceptors (Lipinski definition) is 8. The summed E-state index contributed by atoms with van der Waals surface area (Å²) in [6, 6.07) is 7.86. The third-order valence-corrected chi connectivity index (χ3v) is 9.34. The molecule has 0 radical (unpaired) electrons. The number of likely N-dealkylation sites (tertiary alicyclic amines) is 1. The number of ether oxygens (including phenoxy) is 1. The lowest BCUT2D eigenvalue weighted by molar-refractivity contribution is -0.156. The predicted octanol–water partition coefficient (Wildman–Crippen LogP) is 3.34. The van der Waals surface area contributed by atoms with Gasteiger partial charge in [0, 0.05) is 26.1 Å². The van der Waals surface area contributed by atoms with Gasteiger partial charge in [-0.05, 0) is 56.4 Å². The van der Waals surface area contributed by atoms with E-state index in [-0.39, 0.29) is 43.9 Å². The van der Waals surface area contributed by atoms with Crippen LogP contribution in [0.25, 0.3) is 0 Å². The Bertz CT molecular complexity index is 1230. The first-order valence-electron chi connectivity index (χ1n) is 16.7. The fourth-order valence-electron chi connectivity index (χ4n) is 6.62. The van der Waals surface area contributed by atoms with E-state index in [4.69, 9.17) is 15.6 Å². The minimum absolute atomic E-state index is 0.156. The zero-order valence-electron chi connectivity index (χ0n) is 27.4. The van der Waals surface area contributed by atoms with Gasteiger partial charge in [-0.25, -0.2) is 9.59 Å². The van der Waals surface area contributed by atoms with Crippen molar-refractivity contribution in [2.24, 2.45) is 17.6 Å². The Morgan fingerprint density at radius 3 is 2.26 bits per heavy atom. The molecule has 2 aliphatic rings. The molecule has 0 spiro atoms. The molecule has 2 atom stereocenters. The summed E-state index contributed by atoms with van der Waals surface area (Å²) in [4.78, 5) is 79.1. The molecule has 1 aromatic carbocycles. The molecule has 2 fully saturated rings. The second-order valence-corrected chi connectivity index (χ2v) is 12.8. The minimum Gasteiger partial charge on any atom is -0.481 e. The van der Waals surface area contributed by atoms with Gasteiger partial charge in [0.15, 0.2) is 11.3 Å². The summed E-state index contributed by atoms with van der Waals surface area (Å²) in [6.45, 7) is 2.84. The predicted molar refractivity (Wildman–Crippen MR) is 172 cm³/mol. The van der Waals surface area contributed by atoms with E-state index < -0.39 is 48.2 Å². The highest BCUT2D eigenvalue weighted by atomic mass is 16.6. The highest BCUT2D eigenvalue weighted by Gasteiger charge is 2.51. The average Bonchev–Trinajstić information content (AvgIpc) is 3.06. The number of nitrogens with one attached hydrogen (secondary N) is 1. The van der Waals surface area contributed by atoms with Crippen LogP contribution >= 0.6 is 0 Å². The number of ketones is 1. The number of aliphatic carboxylic acids is 2. The van der Waals surface area contributed by atoms with E-state index in [1.807, 2.05) is 30.3 Å². The number of amides is 3. The Labute approximate surface area is 276 Å². The highest BCUT2D eigenvalue weighted by Crippen LogP contribution is 2.32. The number of Topliss-reactive ketones (excluding diaryl/α,β-unsaturated/α-hetero) is 1. The maximum absolute atomic E-state index is 13.4. The maximum Gasteiger partial charge on any atom is 0.410 e. The fraction of sp³-hybridized carbons (Fsp3) is 0.647.